The predicted molar refractivity (Wildman–Crippen MR) is 81.2 cm³/mol. The standard InChI is InChI=1S/C15H19BrO5/c1-3-15(13(17)18,14(19)20-4-2)9-10-21-12-7-5-11(16)6-8-12/h5-8H,3-4,9-10H2,1-2H3,(H,17,18). The van der Waals surface area contributed by atoms with E-state index in [9.17, 15) is 14.7 Å². The van der Waals surface area contributed by atoms with Gasteiger partial charge < -0.3 is 14.6 Å². The largest absolute Gasteiger partial charge is 0.494 e. The van der Waals surface area contributed by atoms with Crippen LogP contribution in [0.15, 0.2) is 28.7 Å². The van der Waals surface area contributed by atoms with Gasteiger partial charge in [0.2, 0.25) is 0 Å². The van der Waals surface area contributed by atoms with E-state index in [1.54, 1.807) is 26.0 Å². The lowest BCUT2D eigenvalue weighted by Crippen LogP contribution is -2.41. The molecule has 1 atom stereocenters. The Morgan fingerprint density at radius 2 is 1.86 bits per heavy atom. The molecule has 0 heterocycles. The lowest BCUT2D eigenvalue weighted by atomic mass is 9.82. The number of ether oxygens (including phenoxy) is 2. The van der Waals surface area contributed by atoms with E-state index in [0.717, 1.165) is 4.47 Å². The molecule has 0 aromatic heterocycles. The van der Waals surface area contributed by atoms with Crippen molar-refractivity contribution < 1.29 is 24.2 Å². The van der Waals surface area contributed by atoms with Crippen molar-refractivity contribution in [1.82, 2.24) is 0 Å². The Labute approximate surface area is 132 Å². The monoisotopic (exact) mass is 358 g/mol. The molecule has 0 aliphatic carbocycles. The summed E-state index contributed by atoms with van der Waals surface area (Å²) in [5.74, 6) is -1.26. The summed E-state index contributed by atoms with van der Waals surface area (Å²) < 4.78 is 11.3. The van der Waals surface area contributed by atoms with Crippen LogP contribution in [-0.2, 0) is 14.3 Å². The molecule has 0 spiro atoms. The summed E-state index contributed by atoms with van der Waals surface area (Å²) in [6.07, 6.45) is 0.221. The molecule has 1 aromatic rings. The van der Waals surface area contributed by atoms with E-state index < -0.39 is 17.4 Å². The van der Waals surface area contributed by atoms with Crippen LogP contribution in [-0.4, -0.2) is 30.3 Å². The quantitative estimate of drug-likeness (QED) is 0.570. The van der Waals surface area contributed by atoms with Crippen molar-refractivity contribution in [1.29, 1.82) is 0 Å². The Bertz CT molecular complexity index is 485. The predicted octanol–water partition coefficient (Wildman–Crippen LogP) is 3.26. The van der Waals surface area contributed by atoms with Crippen molar-refractivity contribution in [3.8, 4) is 5.75 Å². The van der Waals surface area contributed by atoms with Crippen molar-refractivity contribution in [2.75, 3.05) is 13.2 Å². The Balaban J connectivity index is 2.71. The van der Waals surface area contributed by atoms with Gasteiger partial charge in [0.05, 0.1) is 13.2 Å². The van der Waals surface area contributed by atoms with Crippen LogP contribution in [0.25, 0.3) is 0 Å². The minimum Gasteiger partial charge on any atom is -0.494 e. The molecule has 0 saturated heterocycles. The molecule has 1 N–H and O–H groups in total. The summed E-state index contributed by atoms with van der Waals surface area (Å²) in [6, 6.07) is 7.18. The second-order valence-electron chi connectivity index (χ2n) is 4.51. The molecule has 0 saturated carbocycles. The first-order valence-corrected chi connectivity index (χ1v) is 7.54. The van der Waals surface area contributed by atoms with Crippen molar-refractivity contribution in [2.45, 2.75) is 26.7 Å². The third-order valence-electron chi connectivity index (χ3n) is 3.29. The molecule has 116 valence electrons. The Morgan fingerprint density at radius 1 is 1.24 bits per heavy atom. The van der Waals surface area contributed by atoms with Gasteiger partial charge in [-0.3, -0.25) is 9.59 Å². The van der Waals surface area contributed by atoms with E-state index >= 15 is 0 Å². The molecule has 0 bridgehead atoms. The summed E-state index contributed by atoms with van der Waals surface area (Å²) >= 11 is 3.32. The Hall–Kier alpha value is -1.56. The van der Waals surface area contributed by atoms with Crippen LogP contribution in [0.5, 0.6) is 5.75 Å². The van der Waals surface area contributed by atoms with Crippen molar-refractivity contribution >= 4 is 27.9 Å². The summed E-state index contributed by atoms with van der Waals surface area (Å²) in [5, 5.41) is 9.39. The number of hydrogen-bond acceptors (Lipinski definition) is 4. The number of halogens is 1. The van der Waals surface area contributed by atoms with Crippen molar-refractivity contribution in [2.24, 2.45) is 5.41 Å². The maximum Gasteiger partial charge on any atom is 0.323 e. The number of aliphatic carboxylic acids is 1. The lowest BCUT2D eigenvalue weighted by Gasteiger charge is -2.25. The maximum atomic E-state index is 12.0. The van der Waals surface area contributed by atoms with E-state index in [0.29, 0.717) is 5.75 Å². The fraction of sp³-hybridized carbons (Fsp3) is 0.467. The fourth-order valence-corrected chi connectivity index (χ4v) is 2.18. The maximum absolute atomic E-state index is 12.0. The summed E-state index contributed by atoms with van der Waals surface area (Å²) in [6.45, 7) is 3.59. The van der Waals surface area contributed by atoms with Gasteiger partial charge in [-0.25, -0.2) is 0 Å². The molecule has 5 nitrogen and oxygen atoms in total. The van der Waals surface area contributed by atoms with E-state index in [1.165, 1.54) is 0 Å². The highest BCUT2D eigenvalue weighted by atomic mass is 79.9. The highest BCUT2D eigenvalue weighted by Gasteiger charge is 2.46. The summed E-state index contributed by atoms with van der Waals surface area (Å²) in [4.78, 5) is 23.5. The minimum absolute atomic E-state index is 0.0632. The molecule has 21 heavy (non-hydrogen) atoms. The van der Waals surface area contributed by atoms with Gasteiger partial charge in [-0.1, -0.05) is 22.9 Å². The minimum atomic E-state index is -1.55. The van der Waals surface area contributed by atoms with Gasteiger partial charge in [0.15, 0.2) is 5.41 Å². The van der Waals surface area contributed by atoms with E-state index in [1.807, 2.05) is 12.1 Å². The van der Waals surface area contributed by atoms with Gasteiger partial charge in [-0.05, 0) is 37.6 Å². The zero-order chi connectivity index (χ0) is 15.9. The van der Waals surface area contributed by atoms with Crippen LogP contribution in [0.1, 0.15) is 26.7 Å². The molecule has 1 rings (SSSR count). The summed E-state index contributed by atoms with van der Waals surface area (Å²) in [7, 11) is 0. The number of esters is 1. The van der Waals surface area contributed by atoms with Gasteiger partial charge in [0.25, 0.3) is 0 Å². The second kappa shape index (κ2) is 8.02. The van der Waals surface area contributed by atoms with Crippen LogP contribution in [0, 0.1) is 5.41 Å². The molecule has 0 fully saturated rings. The molecule has 6 heteroatoms. The smallest absolute Gasteiger partial charge is 0.323 e. The van der Waals surface area contributed by atoms with Gasteiger partial charge >= 0.3 is 11.9 Å². The van der Waals surface area contributed by atoms with Crippen LogP contribution in [0.2, 0.25) is 0 Å². The number of hydrogen-bond donors (Lipinski definition) is 1. The van der Waals surface area contributed by atoms with E-state index in [-0.39, 0.29) is 26.1 Å². The third kappa shape index (κ3) is 4.46. The van der Waals surface area contributed by atoms with Crippen LogP contribution >= 0.6 is 15.9 Å². The zero-order valence-corrected chi connectivity index (χ0v) is 13.7. The first-order valence-electron chi connectivity index (χ1n) is 6.75. The number of carbonyl (C=O) groups is 2. The molecule has 1 aromatic carbocycles. The molecule has 0 amide bonds. The van der Waals surface area contributed by atoms with Gasteiger partial charge in [-0.2, -0.15) is 0 Å². The van der Waals surface area contributed by atoms with E-state index in [4.69, 9.17) is 9.47 Å². The first-order chi connectivity index (χ1) is 9.96. The second-order valence-corrected chi connectivity index (χ2v) is 5.43. The highest BCUT2D eigenvalue weighted by molar-refractivity contribution is 9.10. The fourth-order valence-electron chi connectivity index (χ4n) is 1.91. The number of rotatable bonds is 8. The van der Waals surface area contributed by atoms with Gasteiger partial charge in [-0.15, -0.1) is 0 Å². The van der Waals surface area contributed by atoms with Crippen molar-refractivity contribution in [3.05, 3.63) is 28.7 Å². The molecular weight excluding hydrogens is 340 g/mol. The van der Waals surface area contributed by atoms with Crippen LogP contribution < -0.4 is 4.74 Å². The topological polar surface area (TPSA) is 72.8 Å². The highest BCUT2D eigenvalue weighted by Crippen LogP contribution is 2.29. The molecule has 1 unspecified atom stereocenters. The average Bonchev–Trinajstić information content (AvgIpc) is 2.45. The number of carboxylic acid groups (broad SMARTS) is 1. The van der Waals surface area contributed by atoms with Gasteiger partial charge in [0.1, 0.15) is 5.75 Å². The molecule has 0 aliphatic rings. The van der Waals surface area contributed by atoms with Crippen molar-refractivity contribution in [3.63, 3.8) is 0 Å². The number of benzene rings is 1. The zero-order valence-electron chi connectivity index (χ0n) is 12.1. The summed E-state index contributed by atoms with van der Waals surface area (Å²) in [5.41, 5.74) is -1.55. The first kappa shape index (κ1) is 17.5. The average molecular weight is 359 g/mol. The van der Waals surface area contributed by atoms with Crippen LogP contribution in [0.4, 0.5) is 0 Å². The normalized spacial score (nSPS) is 13.3. The molecule has 0 radical (unpaired) electrons. The van der Waals surface area contributed by atoms with E-state index in [2.05, 4.69) is 15.9 Å². The Morgan fingerprint density at radius 3 is 2.33 bits per heavy atom. The molecular formula is C15H19BrO5. The SMILES string of the molecule is CCOC(=O)C(CC)(CCOc1ccc(Br)cc1)C(=O)O. The molecule has 0 aliphatic heterocycles. The lowest BCUT2D eigenvalue weighted by molar-refractivity contribution is -0.170. The number of carboxylic acids is 1. The number of carbonyl (C=O) groups excluding carboxylic acids is 1. The third-order valence-corrected chi connectivity index (χ3v) is 3.82. The van der Waals surface area contributed by atoms with Crippen LogP contribution in [0.3, 0.4) is 0 Å². The van der Waals surface area contributed by atoms with Gasteiger partial charge in [0, 0.05) is 10.9 Å². The Kier molecular flexibility index (Phi) is 6.68.